The second-order valence-electron chi connectivity index (χ2n) is 8.66. The summed E-state index contributed by atoms with van der Waals surface area (Å²) >= 11 is 3.02. The Morgan fingerprint density at radius 2 is 1.95 bits per heavy atom. The number of piperidine rings is 1. The smallest absolute Gasteiger partial charge is 0.219 e. The highest BCUT2D eigenvalue weighted by molar-refractivity contribution is 7.99. The number of aromatic nitrogens is 2. The number of likely N-dealkylation sites (tertiary alicyclic amines) is 1. The van der Waals surface area contributed by atoms with E-state index in [-0.39, 0.29) is 11.8 Å². The van der Waals surface area contributed by atoms with E-state index < -0.39 is 0 Å². The second kappa shape index (κ2) is 11.5. The molecule has 0 aliphatic carbocycles. The molecule has 0 radical (unpaired) electrons. The number of pyridine rings is 1. The van der Waals surface area contributed by atoms with Gasteiger partial charge in [0, 0.05) is 36.2 Å². The first-order valence-electron chi connectivity index (χ1n) is 12.0. The minimum absolute atomic E-state index is 0.113. The van der Waals surface area contributed by atoms with E-state index >= 15 is 0 Å². The molecule has 2 aromatic heterocycles. The third-order valence-corrected chi connectivity index (χ3v) is 7.76. The lowest BCUT2D eigenvalue weighted by molar-refractivity contribution is -0.130. The van der Waals surface area contributed by atoms with Gasteiger partial charge in [0.15, 0.2) is 16.7 Å². The van der Waals surface area contributed by atoms with Gasteiger partial charge >= 0.3 is 0 Å². The zero-order valence-electron chi connectivity index (χ0n) is 20.3. The molecule has 4 aromatic rings. The van der Waals surface area contributed by atoms with Gasteiger partial charge in [-0.25, -0.2) is 9.97 Å². The number of para-hydroxylation sites is 1. The first-order valence-corrected chi connectivity index (χ1v) is 13.7. The Morgan fingerprint density at radius 1 is 1.14 bits per heavy atom. The summed E-state index contributed by atoms with van der Waals surface area (Å²) in [5, 5.41) is 16.0. The molecular formula is C28H25N5O2S2. The zero-order valence-corrected chi connectivity index (χ0v) is 21.9. The highest BCUT2D eigenvalue weighted by Crippen LogP contribution is 2.36. The molecule has 0 saturated carbocycles. The van der Waals surface area contributed by atoms with Crippen LogP contribution in [-0.2, 0) is 4.79 Å². The van der Waals surface area contributed by atoms with Gasteiger partial charge in [-0.2, -0.15) is 5.26 Å². The van der Waals surface area contributed by atoms with E-state index in [4.69, 9.17) is 20.0 Å². The first kappa shape index (κ1) is 24.8. The summed E-state index contributed by atoms with van der Waals surface area (Å²) in [5.74, 6) is 2.22. The lowest BCUT2D eigenvalue weighted by Gasteiger charge is -2.31. The van der Waals surface area contributed by atoms with Crippen molar-refractivity contribution < 1.29 is 9.53 Å². The number of carbonyl (C=O) groups is 1. The number of hydrogen-bond acceptors (Lipinski definition) is 8. The van der Waals surface area contributed by atoms with E-state index in [1.54, 1.807) is 19.1 Å². The van der Waals surface area contributed by atoms with Gasteiger partial charge in [0.05, 0.1) is 17.3 Å². The molecule has 9 heteroatoms. The molecule has 1 aliphatic rings. The number of thiazole rings is 1. The summed E-state index contributed by atoms with van der Waals surface area (Å²) < 4.78 is 6.14. The molecule has 2 aromatic carbocycles. The van der Waals surface area contributed by atoms with Crippen molar-refractivity contribution >= 4 is 40.0 Å². The van der Waals surface area contributed by atoms with E-state index in [0.29, 0.717) is 29.4 Å². The van der Waals surface area contributed by atoms with Gasteiger partial charge in [0.1, 0.15) is 10.8 Å². The Balaban J connectivity index is 1.38. The highest BCUT2D eigenvalue weighted by atomic mass is 32.2. The number of amides is 1. The number of nitriles is 1. The van der Waals surface area contributed by atoms with Crippen LogP contribution in [0.4, 0.5) is 10.9 Å². The van der Waals surface area contributed by atoms with Crippen molar-refractivity contribution in [1.29, 1.82) is 5.26 Å². The van der Waals surface area contributed by atoms with Crippen molar-refractivity contribution in [3.8, 4) is 17.6 Å². The average Bonchev–Trinajstić information content (AvgIpc) is 3.40. The van der Waals surface area contributed by atoms with Crippen LogP contribution < -0.4 is 10.1 Å². The van der Waals surface area contributed by atoms with Crippen molar-refractivity contribution in [2.45, 2.75) is 35.6 Å². The fraction of sp³-hybridized carbons (Fsp3) is 0.214. The van der Waals surface area contributed by atoms with E-state index in [1.165, 1.54) is 23.1 Å². The molecule has 1 amide bonds. The quantitative estimate of drug-likeness (QED) is 0.282. The fourth-order valence-corrected chi connectivity index (χ4v) is 5.71. The van der Waals surface area contributed by atoms with Crippen LogP contribution in [-0.4, -0.2) is 33.9 Å². The van der Waals surface area contributed by atoms with E-state index in [9.17, 15) is 4.79 Å². The fourth-order valence-electron chi connectivity index (χ4n) is 4.13. The van der Waals surface area contributed by atoms with Gasteiger partial charge in [0.25, 0.3) is 0 Å². The molecule has 1 atom stereocenters. The molecule has 37 heavy (non-hydrogen) atoms. The topological polar surface area (TPSA) is 91.1 Å². The zero-order chi connectivity index (χ0) is 25.6. The Bertz CT molecular complexity index is 1420. The third-order valence-electron chi connectivity index (χ3n) is 6.04. The molecule has 1 unspecified atom stereocenters. The van der Waals surface area contributed by atoms with Crippen LogP contribution in [0.15, 0.2) is 82.0 Å². The molecule has 1 aliphatic heterocycles. The summed E-state index contributed by atoms with van der Waals surface area (Å²) in [6.45, 7) is 3.14. The normalized spacial score (nSPS) is 15.1. The Morgan fingerprint density at radius 3 is 2.70 bits per heavy atom. The molecule has 186 valence electrons. The van der Waals surface area contributed by atoms with Crippen LogP contribution in [0.25, 0.3) is 0 Å². The van der Waals surface area contributed by atoms with E-state index in [2.05, 4.69) is 16.8 Å². The largest absolute Gasteiger partial charge is 0.453 e. The molecule has 1 fully saturated rings. The van der Waals surface area contributed by atoms with Crippen molar-refractivity contribution in [1.82, 2.24) is 14.9 Å². The molecule has 1 N–H and O–H groups in total. The number of nitrogens with zero attached hydrogens (tertiary/aromatic N) is 4. The number of rotatable bonds is 7. The number of ether oxygens (including phenoxy) is 1. The van der Waals surface area contributed by atoms with Crippen LogP contribution in [0.5, 0.6) is 11.5 Å². The predicted molar refractivity (Wildman–Crippen MR) is 146 cm³/mol. The molecule has 7 nitrogen and oxygen atoms in total. The van der Waals surface area contributed by atoms with Crippen molar-refractivity contribution in [2.24, 2.45) is 0 Å². The van der Waals surface area contributed by atoms with Crippen molar-refractivity contribution in [3.63, 3.8) is 0 Å². The number of nitrogens with one attached hydrogen (secondary N) is 1. The summed E-state index contributed by atoms with van der Waals surface area (Å²) in [5.41, 5.74) is 1.61. The molecule has 0 spiro atoms. The van der Waals surface area contributed by atoms with Gasteiger partial charge in [-0.15, -0.1) is 11.3 Å². The van der Waals surface area contributed by atoms with Crippen LogP contribution in [0.2, 0.25) is 0 Å². The number of benzene rings is 2. The highest BCUT2D eigenvalue weighted by Gasteiger charge is 2.25. The van der Waals surface area contributed by atoms with Crippen molar-refractivity contribution in [3.05, 3.63) is 83.4 Å². The number of hydrogen-bond donors (Lipinski definition) is 1. The van der Waals surface area contributed by atoms with Crippen LogP contribution in [0.1, 0.15) is 36.9 Å². The van der Waals surface area contributed by atoms with Gasteiger partial charge in [0.2, 0.25) is 5.91 Å². The van der Waals surface area contributed by atoms with Crippen LogP contribution >= 0.6 is 23.1 Å². The summed E-state index contributed by atoms with van der Waals surface area (Å²) in [6, 6.07) is 22.9. The minimum Gasteiger partial charge on any atom is -0.453 e. The predicted octanol–water partition coefficient (Wildman–Crippen LogP) is 6.82. The lowest BCUT2D eigenvalue weighted by Crippen LogP contribution is -2.37. The maximum atomic E-state index is 11.9. The number of carbonyl (C=O) groups excluding carboxylic acids is 1. The SMILES string of the molecule is CC(=O)N1CCCC(c2csc(Nc3nc(Sc4ccc(C#N)cc4)ccc3Oc3ccccc3)n2)C1. The van der Waals surface area contributed by atoms with Gasteiger partial charge in [-0.3, -0.25) is 4.79 Å². The molecular weight excluding hydrogens is 502 g/mol. The maximum Gasteiger partial charge on any atom is 0.219 e. The minimum atomic E-state index is 0.113. The summed E-state index contributed by atoms with van der Waals surface area (Å²) in [6.07, 6.45) is 2.00. The van der Waals surface area contributed by atoms with Crippen LogP contribution in [0.3, 0.4) is 0 Å². The molecule has 5 rings (SSSR count). The maximum absolute atomic E-state index is 11.9. The van der Waals surface area contributed by atoms with E-state index in [1.807, 2.05) is 59.5 Å². The third kappa shape index (κ3) is 6.28. The monoisotopic (exact) mass is 527 g/mol. The van der Waals surface area contributed by atoms with Crippen molar-refractivity contribution in [2.75, 3.05) is 18.4 Å². The Labute approximate surface area is 224 Å². The second-order valence-corrected chi connectivity index (χ2v) is 10.6. The summed E-state index contributed by atoms with van der Waals surface area (Å²) in [4.78, 5) is 24.4. The van der Waals surface area contributed by atoms with Gasteiger partial charge in [-0.05, 0) is 61.4 Å². The molecule has 0 bridgehead atoms. The van der Waals surface area contributed by atoms with E-state index in [0.717, 1.165) is 40.1 Å². The van der Waals surface area contributed by atoms with Gasteiger partial charge < -0.3 is 15.0 Å². The van der Waals surface area contributed by atoms with Gasteiger partial charge in [-0.1, -0.05) is 30.0 Å². The molecule has 1 saturated heterocycles. The first-order chi connectivity index (χ1) is 18.1. The Hall–Kier alpha value is -3.87. The lowest BCUT2D eigenvalue weighted by atomic mass is 9.95. The van der Waals surface area contributed by atoms with Crippen LogP contribution in [0, 0.1) is 11.3 Å². The molecule has 3 heterocycles. The Kier molecular flexibility index (Phi) is 7.68. The average molecular weight is 528 g/mol. The number of anilines is 2. The standard InChI is InChI=1S/C28H25N5O2S2/c1-19(34)33-15-5-6-21(17-33)24-18-36-28(30-24)32-27-25(35-22-7-3-2-4-8-22)13-14-26(31-27)37-23-11-9-20(16-29)10-12-23/h2-4,7-14,18,21H,5-6,15,17H2,1H3,(H,30,31,32). The summed E-state index contributed by atoms with van der Waals surface area (Å²) in [7, 11) is 0.